The van der Waals surface area contributed by atoms with E-state index in [1.54, 1.807) is 30.5 Å². The lowest BCUT2D eigenvalue weighted by Gasteiger charge is -2.11. The molecule has 1 aromatic carbocycles. The van der Waals surface area contributed by atoms with Gasteiger partial charge in [0.1, 0.15) is 0 Å². The Bertz CT molecular complexity index is 790. The Morgan fingerprint density at radius 2 is 1.87 bits per heavy atom. The van der Waals surface area contributed by atoms with Crippen LogP contribution in [0.4, 0.5) is 5.13 Å². The smallest absolute Gasteiger partial charge is 0.261 e. The molecule has 116 valence electrons. The van der Waals surface area contributed by atoms with Crippen molar-refractivity contribution in [3.05, 3.63) is 46.5 Å². The molecule has 23 heavy (non-hydrogen) atoms. The van der Waals surface area contributed by atoms with Crippen LogP contribution in [0.2, 0.25) is 0 Å². The molecule has 1 aliphatic heterocycles. The minimum atomic E-state index is -0.289. The zero-order valence-corrected chi connectivity index (χ0v) is 12.9. The summed E-state index contributed by atoms with van der Waals surface area (Å²) in [5, 5.41) is 3.28. The maximum absolute atomic E-state index is 12.3. The first kappa shape index (κ1) is 14.1. The molecule has 1 saturated carbocycles. The van der Waals surface area contributed by atoms with Gasteiger partial charge in [-0.05, 0) is 25.0 Å². The van der Waals surface area contributed by atoms with E-state index in [1.165, 1.54) is 16.2 Å². The van der Waals surface area contributed by atoms with Gasteiger partial charge in [0.05, 0.1) is 17.7 Å². The van der Waals surface area contributed by atoms with E-state index in [0.29, 0.717) is 16.3 Å². The number of rotatable bonds is 4. The number of fused-ring (bicyclic) bond motifs is 1. The number of aromatic nitrogens is 1. The quantitative estimate of drug-likeness (QED) is 0.874. The highest BCUT2D eigenvalue weighted by molar-refractivity contribution is 7.15. The van der Waals surface area contributed by atoms with E-state index in [-0.39, 0.29) is 30.2 Å². The predicted octanol–water partition coefficient (Wildman–Crippen LogP) is 2.29. The summed E-state index contributed by atoms with van der Waals surface area (Å²) in [5.74, 6) is -0.477. The highest BCUT2D eigenvalue weighted by Gasteiger charge is 2.35. The molecular formula is C16H13N3O3S. The van der Waals surface area contributed by atoms with Crippen molar-refractivity contribution in [2.75, 3.05) is 5.32 Å². The van der Waals surface area contributed by atoms with Crippen molar-refractivity contribution in [1.29, 1.82) is 0 Å². The molecule has 1 aliphatic carbocycles. The van der Waals surface area contributed by atoms with Gasteiger partial charge in [0.25, 0.3) is 11.8 Å². The number of hydrogen-bond donors (Lipinski definition) is 1. The summed E-state index contributed by atoms with van der Waals surface area (Å²) in [6.45, 7) is 0.170. The number of anilines is 1. The third-order valence-electron chi connectivity index (χ3n) is 3.92. The second kappa shape index (κ2) is 5.27. The monoisotopic (exact) mass is 327 g/mol. The maximum atomic E-state index is 12.3. The van der Waals surface area contributed by atoms with Crippen LogP contribution in [0.3, 0.4) is 0 Å². The molecule has 2 heterocycles. The molecule has 1 fully saturated rings. The molecule has 6 nitrogen and oxygen atoms in total. The second-order valence-electron chi connectivity index (χ2n) is 5.64. The number of nitrogens with one attached hydrogen (secondary N) is 1. The molecule has 0 radical (unpaired) electrons. The van der Waals surface area contributed by atoms with Crippen LogP contribution in [0.1, 0.15) is 38.4 Å². The molecule has 7 heteroatoms. The number of amides is 3. The molecule has 2 aromatic rings. The fourth-order valence-corrected chi connectivity index (χ4v) is 3.33. The number of carbonyl (C=O) groups is 3. The van der Waals surface area contributed by atoms with Gasteiger partial charge in [0, 0.05) is 17.0 Å². The summed E-state index contributed by atoms with van der Waals surface area (Å²) in [6.07, 6.45) is 3.45. The number of hydrogen-bond acceptors (Lipinski definition) is 5. The Labute approximate surface area is 136 Å². The molecule has 2 aliphatic rings. The van der Waals surface area contributed by atoms with Crippen molar-refractivity contribution in [3.63, 3.8) is 0 Å². The van der Waals surface area contributed by atoms with Crippen molar-refractivity contribution < 1.29 is 14.4 Å². The largest absolute Gasteiger partial charge is 0.302 e. The van der Waals surface area contributed by atoms with E-state index in [1.807, 2.05) is 0 Å². The molecule has 3 amide bonds. The van der Waals surface area contributed by atoms with Gasteiger partial charge in [-0.2, -0.15) is 0 Å². The van der Waals surface area contributed by atoms with Crippen molar-refractivity contribution in [3.8, 4) is 0 Å². The van der Waals surface area contributed by atoms with E-state index in [0.717, 1.165) is 17.7 Å². The van der Waals surface area contributed by atoms with Gasteiger partial charge in [-0.25, -0.2) is 4.98 Å². The zero-order valence-electron chi connectivity index (χ0n) is 12.1. The number of nitrogens with zero attached hydrogens (tertiary/aromatic N) is 2. The fraction of sp³-hybridized carbons (Fsp3) is 0.250. The van der Waals surface area contributed by atoms with E-state index >= 15 is 0 Å². The zero-order chi connectivity index (χ0) is 16.0. The van der Waals surface area contributed by atoms with E-state index in [9.17, 15) is 14.4 Å². The van der Waals surface area contributed by atoms with Crippen LogP contribution >= 0.6 is 11.3 Å². The normalized spacial score (nSPS) is 16.6. The Hall–Kier alpha value is -2.54. The summed E-state index contributed by atoms with van der Waals surface area (Å²) in [6, 6.07) is 6.80. The lowest BCUT2D eigenvalue weighted by Crippen LogP contribution is -2.28. The van der Waals surface area contributed by atoms with Crippen molar-refractivity contribution in [2.45, 2.75) is 19.4 Å². The standard InChI is InChI=1S/C16H13N3O3S/c20-13(9-5-6-9)18-16-17-7-10(23-16)8-19-14(21)11-3-1-2-4-12(11)15(19)22/h1-4,7,9H,5-6,8H2,(H,17,18,20). The van der Waals surface area contributed by atoms with E-state index in [4.69, 9.17) is 0 Å². The fourth-order valence-electron chi connectivity index (χ4n) is 2.53. The molecule has 0 bridgehead atoms. The first-order chi connectivity index (χ1) is 11.1. The van der Waals surface area contributed by atoms with E-state index < -0.39 is 0 Å². The third kappa shape index (κ3) is 2.53. The summed E-state index contributed by atoms with van der Waals surface area (Å²) < 4.78 is 0. The molecule has 0 atom stereocenters. The molecular weight excluding hydrogens is 314 g/mol. The van der Waals surface area contributed by atoms with Crippen molar-refractivity contribution in [1.82, 2.24) is 9.88 Å². The Morgan fingerprint density at radius 3 is 2.48 bits per heavy atom. The van der Waals surface area contributed by atoms with Crippen LogP contribution in [0.5, 0.6) is 0 Å². The van der Waals surface area contributed by atoms with Crippen LogP contribution in [-0.2, 0) is 11.3 Å². The van der Waals surface area contributed by atoms with Gasteiger partial charge in [0.15, 0.2) is 5.13 Å². The Morgan fingerprint density at radius 1 is 1.22 bits per heavy atom. The summed E-state index contributed by atoms with van der Waals surface area (Å²) in [5.41, 5.74) is 0.869. The third-order valence-corrected chi connectivity index (χ3v) is 4.82. The second-order valence-corrected chi connectivity index (χ2v) is 6.75. The van der Waals surface area contributed by atoms with Gasteiger partial charge in [-0.15, -0.1) is 0 Å². The summed E-state index contributed by atoms with van der Waals surface area (Å²) in [4.78, 5) is 42.5. The highest BCUT2D eigenvalue weighted by atomic mass is 32.1. The number of carbonyl (C=O) groups excluding carboxylic acids is 3. The average molecular weight is 327 g/mol. The average Bonchev–Trinajstić information content (AvgIpc) is 3.28. The van der Waals surface area contributed by atoms with Gasteiger partial charge in [-0.1, -0.05) is 23.5 Å². The van der Waals surface area contributed by atoms with Crippen molar-refractivity contribution in [2.24, 2.45) is 5.92 Å². The predicted molar refractivity (Wildman–Crippen MR) is 84.1 cm³/mol. The topological polar surface area (TPSA) is 79.4 Å². The van der Waals surface area contributed by atoms with Gasteiger partial charge < -0.3 is 5.32 Å². The molecule has 0 unspecified atom stereocenters. The minimum absolute atomic E-state index is 0.00775. The first-order valence-corrected chi connectivity index (χ1v) is 8.16. The lowest BCUT2D eigenvalue weighted by atomic mass is 10.1. The number of thiazole rings is 1. The lowest BCUT2D eigenvalue weighted by molar-refractivity contribution is -0.117. The summed E-state index contributed by atoms with van der Waals surface area (Å²) in [7, 11) is 0. The van der Waals surface area contributed by atoms with E-state index in [2.05, 4.69) is 10.3 Å². The van der Waals surface area contributed by atoms with Gasteiger partial charge >= 0.3 is 0 Å². The first-order valence-electron chi connectivity index (χ1n) is 7.34. The molecule has 1 N–H and O–H groups in total. The van der Waals surface area contributed by atoms with Crippen LogP contribution in [0.25, 0.3) is 0 Å². The maximum Gasteiger partial charge on any atom is 0.261 e. The van der Waals surface area contributed by atoms with Gasteiger partial charge in [-0.3, -0.25) is 19.3 Å². The highest BCUT2D eigenvalue weighted by Crippen LogP contribution is 2.31. The number of imide groups is 1. The van der Waals surface area contributed by atoms with Crippen LogP contribution in [0, 0.1) is 5.92 Å². The molecule has 1 aromatic heterocycles. The number of benzene rings is 1. The Kier molecular flexibility index (Phi) is 3.23. The summed E-state index contributed by atoms with van der Waals surface area (Å²) >= 11 is 1.29. The van der Waals surface area contributed by atoms with Crippen LogP contribution in [-0.4, -0.2) is 27.6 Å². The molecule has 0 spiro atoms. The van der Waals surface area contributed by atoms with Crippen LogP contribution in [0.15, 0.2) is 30.5 Å². The minimum Gasteiger partial charge on any atom is -0.302 e. The van der Waals surface area contributed by atoms with Crippen LogP contribution < -0.4 is 5.32 Å². The molecule has 4 rings (SSSR count). The van der Waals surface area contributed by atoms with Gasteiger partial charge in [0.2, 0.25) is 5.91 Å². The Balaban J connectivity index is 1.49. The van der Waals surface area contributed by atoms with Crippen molar-refractivity contribution >= 4 is 34.2 Å². The molecule has 0 saturated heterocycles. The SMILES string of the molecule is O=C(Nc1ncc(CN2C(=O)c3ccccc3C2=O)s1)C1CC1.